The predicted octanol–water partition coefficient (Wildman–Crippen LogP) is 0.539. The molecule has 1 fully saturated rings. The van der Waals surface area contributed by atoms with Gasteiger partial charge in [-0.2, -0.15) is 11.8 Å². The molecular formula is C12H24N2O3S2. The monoisotopic (exact) mass is 308 g/mol. The molecule has 0 saturated heterocycles. The lowest BCUT2D eigenvalue weighted by atomic mass is 10.2. The van der Waals surface area contributed by atoms with Crippen molar-refractivity contribution in [3.8, 4) is 0 Å². The maximum absolute atomic E-state index is 11.9. The first kappa shape index (κ1) is 16.8. The summed E-state index contributed by atoms with van der Waals surface area (Å²) in [7, 11) is -3.06. The Morgan fingerprint density at radius 1 is 1.47 bits per heavy atom. The number of hydrogen-bond acceptors (Lipinski definition) is 5. The third-order valence-corrected chi connectivity index (χ3v) is 5.60. The van der Waals surface area contributed by atoms with Crippen LogP contribution in [0.4, 0.5) is 0 Å². The maximum atomic E-state index is 11.9. The van der Waals surface area contributed by atoms with Gasteiger partial charge in [0.25, 0.3) is 0 Å². The molecule has 1 rings (SSSR count). The highest BCUT2D eigenvalue weighted by Crippen LogP contribution is 2.29. The SMILES string of the molecule is CCSC1CCCC1NC(=O)C(N)CCS(C)(=O)=O. The summed E-state index contributed by atoms with van der Waals surface area (Å²) in [5.74, 6) is 0.772. The quantitative estimate of drug-likeness (QED) is 0.716. The Morgan fingerprint density at radius 2 is 2.16 bits per heavy atom. The number of carbonyl (C=O) groups is 1. The number of sulfone groups is 1. The van der Waals surface area contributed by atoms with Crippen LogP contribution in [0.3, 0.4) is 0 Å². The average molecular weight is 308 g/mol. The highest BCUT2D eigenvalue weighted by atomic mass is 32.2. The minimum atomic E-state index is -3.06. The molecule has 0 heterocycles. The van der Waals surface area contributed by atoms with Gasteiger partial charge in [-0.15, -0.1) is 0 Å². The summed E-state index contributed by atoms with van der Waals surface area (Å²) in [5, 5.41) is 3.44. The second kappa shape index (κ2) is 7.50. The Balaban J connectivity index is 2.41. The molecule has 0 bridgehead atoms. The lowest BCUT2D eigenvalue weighted by Gasteiger charge is -2.22. The van der Waals surface area contributed by atoms with Gasteiger partial charge in [0.1, 0.15) is 9.84 Å². The summed E-state index contributed by atoms with van der Waals surface area (Å²) in [6.07, 6.45) is 4.58. The topological polar surface area (TPSA) is 89.3 Å². The van der Waals surface area contributed by atoms with Gasteiger partial charge < -0.3 is 11.1 Å². The van der Waals surface area contributed by atoms with E-state index in [1.54, 1.807) is 0 Å². The number of nitrogens with two attached hydrogens (primary N) is 1. The van der Waals surface area contributed by atoms with Crippen LogP contribution in [0.25, 0.3) is 0 Å². The fourth-order valence-corrected chi connectivity index (χ4v) is 4.15. The van der Waals surface area contributed by atoms with Crippen molar-refractivity contribution in [1.82, 2.24) is 5.32 Å². The van der Waals surface area contributed by atoms with Crippen LogP contribution in [0, 0.1) is 0 Å². The second-order valence-corrected chi connectivity index (χ2v) is 8.84. The van der Waals surface area contributed by atoms with Crippen molar-refractivity contribution >= 4 is 27.5 Å². The van der Waals surface area contributed by atoms with E-state index in [1.807, 2.05) is 11.8 Å². The number of rotatable bonds is 7. The Hall–Kier alpha value is -0.270. The molecule has 1 aliphatic carbocycles. The molecule has 1 amide bonds. The van der Waals surface area contributed by atoms with Crippen LogP contribution in [0.1, 0.15) is 32.6 Å². The number of nitrogens with one attached hydrogen (secondary N) is 1. The van der Waals surface area contributed by atoms with Gasteiger partial charge in [0.15, 0.2) is 0 Å². The zero-order valence-corrected chi connectivity index (χ0v) is 13.2. The van der Waals surface area contributed by atoms with E-state index in [9.17, 15) is 13.2 Å². The summed E-state index contributed by atoms with van der Waals surface area (Å²) in [6.45, 7) is 2.11. The Bertz CT molecular complexity index is 398. The van der Waals surface area contributed by atoms with Crippen LogP contribution in [0.5, 0.6) is 0 Å². The maximum Gasteiger partial charge on any atom is 0.237 e. The molecule has 3 N–H and O–H groups in total. The standard InChI is InChI=1S/C12H24N2O3S2/c1-3-18-11-6-4-5-10(11)14-12(15)9(13)7-8-19(2,16)17/h9-11H,3-8,13H2,1-2H3,(H,14,15). The molecule has 0 aliphatic heterocycles. The molecule has 7 heteroatoms. The van der Waals surface area contributed by atoms with Gasteiger partial charge in [0, 0.05) is 17.5 Å². The van der Waals surface area contributed by atoms with Crippen molar-refractivity contribution in [1.29, 1.82) is 0 Å². The lowest BCUT2D eigenvalue weighted by Crippen LogP contribution is -2.47. The van der Waals surface area contributed by atoms with Gasteiger partial charge in [0.2, 0.25) is 5.91 Å². The molecule has 0 aromatic rings. The number of carbonyl (C=O) groups excluding carboxylic acids is 1. The summed E-state index contributed by atoms with van der Waals surface area (Å²) in [5.41, 5.74) is 5.74. The molecule has 1 saturated carbocycles. The molecule has 5 nitrogen and oxygen atoms in total. The summed E-state index contributed by atoms with van der Waals surface area (Å²) in [4.78, 5) is 11.9. The molecule has 19 heavy (non-hydrogen) atoms. The molecule has 3 unspecified atom stereocenters. The van der Waals surface area contributed by atoms with E-state index in [0.29, 0.717) is 5.25 Å². The highest BCUT2D eigenvalue weighted by Gasteiger charge is 2.29. The van der Waals surface area contributed by atoms with E-state index in [1.165, 1.54) is 0 Å². The first-order valence-corrected chi connectivity index (χ1v) is 9.79. The van der Waals surface area contributed by atoms with Crippen LogP contribution in [0.2, 0.25) is 0 Å². The van der Waals surface area contributed by atoms with Crippen molar-refractivity contribution in [3.05, 3.63) is 0 Å². The summed E-state index contributed by atoms with van der Waals surface area (Å²) < 4.78 is 22.1. The number of thioether (sulfide) groups is 1. The largest absolute Gasteiger partial charge is 0.351 e. The molecule has 0 aromatic heterocycles. The van der Waals surface area contributed by atoms with Gasteiger partial charge in [0.05, 0.1) is 11.8 Å². The van der Waals surface area contributed by atoms with Gasteiger partial charge >= 0.3 is 0 Å². The average Bonchev–Trinajstić information content (AvgIpc) is 2.73. The minimum absolute atomic E-state index is 0.0423. The van der Waals surface area contributed by atoms with Crippen molar-refractivity contribution in [3.63, 3.8) is 0 Å². The van der Waals surface area contributed by atoms with E-state index in [2.05, 4.69) is 12.2 Å². The number of amides is 1. The molecule has 0 aromatic carbocycles. The van der Waals surface area contributed by atoms with Crippen LogP contribution in [0.15, 0.2) is 0 Å². The van der Waals surface area contributed by atoms with E-state index in [0.717, 1.165) is 31.3 Å². The lowest BCUT2D eigenvalue weighted by molar-refractivity contribution is -0.123. The fourth-order valence-electron chi connectivity index (χ4n) is 2.27. The first-order valence-electron chi connectivity index (χ1n) is 6.68. The fraction of sp³-hybridized carbons (Fsp3) is 0.917. The Morgan fingerprint density at radius 3 is 2.74 bits per heavy atom. The van der Waals surface area contributed by atoms with Crippen molar-refractivity contribution in [2.75, 3.05) is 17.8 Å². The van der Waals surface area contributed by atoms with Gasteiger partial charge in [-0.05, 0) is 25.0 Å². The van der Waals surface area contributed by atoms with Crippen molar-refractivity contribution in [2.45, 2.75) is 49.9 Å². The highest BCUT2D eigenvalue weighted by molar-refractivity contribution is 7.99. The third-order valence-electron chi connectivity index (χ3n) is 3.30. The smallest absolute Gasteiger partial charge is 0.237 e. The summed E-state index contributed by atoms with van der Waals surface area (Å²) >= 11 is 1.87. The van der Waals surface area contributed by atoms with E-state index >= 15 is 0 Å². The van der Waals surface area contributed by atoms with E-state index < -0.39 is 15.9 Å². The van der Waals surface area contributed by atoms with Gasteiger partial charge in [-0.25, -0.2) is 8.42 Å². The van der Waals surface area contributed by atoms with Crippen LogP contribution >= 0.6 is 11.8 Å². The third kappa shape index (κ3) is 6.14. The van der Waals surface area contributed by atoms with Crippen molar-refractivity contribution < 1.29 is 13.2 Å². The zero-order valence-electron chi connectivity index (χ0n) is 11.6. The summed E-state index contributed by atoms with van der Waals surface area (Å²) in [6, 6.07) is -0.552. The molecule has 3 atom stereocenters. The van der Waals surface area contributed by atoms with Crippen LogP contribution in [-0.2, 0) is 14.6 Å². The first-order chi connectivity index (χ1) is 8.83. The van der Waals surface area contributed by atoms with E-state index in [4.69, 9.17) is 5.73 Å². The number of hydrogen-bond donors (Lipinski definition) is 2. The molecule has 0 spiro atoms. The predicted molar refractivity (Wildman–Crippen MR) is 80.0 cm³/mol. The Labute approximate surface area is 120 Å². The molecule has 1 aliphatic rings. The van der Waals surface area contributed by atoms with Crippen LogP contribution < -0.4 is 11.1 Å². The molecular weight excluding hydrogens is 284 g/mol. The van der Waals surface area contributed by atoms with Crippen LogP contribution in [-0.4, -0.2) is 49.4 Å². The van der Waals surface area contributed by atoms with E-state index in [-0.39, 0.29) is 24.1 Å². The second-order valence-electron chi connectivity index (χ2n) is 5.06. The van der Waals surface area contributed by atoms with Crippen molar-refractivity contribution in [2.24, 2.45) is 5.73 Å². The van der Waals surface area contributed by atoms with Gasteiger partial charge in [-0.1, -0.05) is 13.3 Å². The molecule has 112 valence electrons. The minimum Gasteiger partial charge on any atom is -0.351 e. The molecule has 0 radical (unpaired) electrons. The zero-order chi connectivity index (χ0) is 14.5. The normalized spacial score (nSPS) is 25.2. The Kier molecular flexibility index (Phi) is 6.62. The van der Waals surface area contributed by atoms with Gasteiger partial charge in [-0.3, -0.25) is 4.79 Å².